The first-order valence-electron chi connectivity index (χ1n) is 6.04. The van der Waals surface area contributed by atoms with Gasteiger partial charge in [-0.3, -0.25) is 0 Å². The second-order valence-electron chi connectivity index (χ2n) is 4.57. The van der Waals surface area contributed by atoms with Crippen LogP contribution in [0.1, 0.15) is 11.8 Å². The van der Waals surface area contributed by atoms with Crippen molar-refractivity contribution in [3.05, 3.63) is 12.7 Å². The van der Waals surface area contributed by atoms with Gasteiger partial charge < -0.3 is 20.5 Å². The Bertz CT molecular complexity index is 577. The van der Waals surface area contributed by atoms with Crippen molar-refractivity contribution >= 4 is 28.7 Å². The van der Waals surface area contributed by atoms with E-state index in [1.54, 1.807) is 18.1 Å². The molecule has 0 aromatic carbocycles. The highest BCUT2D eigenvalue weighted by atomic mass is 32.2. The molecule has 102 valence electrons. The van der Waals surface area contributed by atoms with E-state index >= 15 is 0 Å². The van der Waals surface area contributed by atoms with Gasteiger partial charge in [0.2, 0.25) is 0 Å². The highest BCUT2D eigenvalue weighted by Crippen LogP contribution is 2.45. The average Bonchev–Trinajstić information content (AvgIpc) is 3.02. The zero-order valence-corrected chi connectivity index (χ0v) is 11.0. The van der Waals surface area contributed by atoms with Crippen LogP contribution in [0.2, 0.25) is 0 Å². The third kappa shape index (κ3) is 2.05. The maximum absolute atomic E-state index is 9.35. The minimum Gasteiger partial charge on any atom is -0.396 e. The van der Waals surface area contributed by atoms with Gasteiger partial charge in [0.05, 0.1) is 18.3 Å². The molecule has 8 heteroatoms. The molecule has 0 spiro atoms. The standard InChI is InChI=1S/C11H15N5O2S/c12-10-9-11(14-4-13-10)16(5-15-9)8-1-6(2-17)7(3-18)19-8/h4-8,17-18H,1-3H2,(H2,12,13,14)/t6-,7-,8-/m1/s1. The first-order chi connectivity index (χ1) is 9.24. The molecule has 3 atom stereocenters. The highest BCUT2D eigenvalue weighted by molar-refractivity contribution is 8.00. The summed E-state index contributed by atoms with van der Waals surface area (Å²) in [5.74, 6) is 0.459. The van der Waals surface area contributed by atoms with Crippen molar-refractivity contribution in [2.75, 3.05) is 18.9 Å². The molecule has 2 aromatic rings. The third-order valence-electron chi connectivity index (χ3n) is 3.47. The SMILES string of the molecule is Nc1ncnc2c1ncn2[C@H]1C[C@H](CO)[C@@H](CO)S1. The molecule has 1 aliphatic heterocycles. The van der Waals surface area contributed by atoms with Crippen molar-refractivity contribution in [2.24, 2.45) is 5.92 Å². The van der Waals surface area contributed by atoms with E-state index in [-0.39, 0.29) is 29.8 Å². The number of imidazole rings is 1. The molecule has 3 heterocycles. The number of aliphatic hydroxyl groups is 2. The van der Waals surface area contributed by atoms with E-state index in [2.05, 4.69) is 15.0 Å². The van der Waals surface area contributed by atoms with E-state index in [0.29, 0.717) is 17.0 Å². The van der Waals surface area contributed by atoms with Crippen LogP contribution in [0.15, 0.2) is 12.7 Å². The molecule has 1 fully saturated rings. The van der Waals surface area contributed by atoms with Gasteiger partial charge in [-0.2, -0.15) is 0 Å². The van der Waals surface area contributed by atoms with Crippen LogP contribution in [0.5, 0.6) is 0 Å². The Morgan fingerprint density at radius 3 is 2.84 bits per heavy atom. The fraction of sp³-hybridized carbons (Fsp3) is 0.545. The van der Waals surface area contributed by atoms with Crippen molar-refractivity contribution in [2.45, 2.75) is 17.0 Å². The number of nitrogen functional groups attached to an aromatic ring is 1. The van der Waals surface area contributed by atoms with Crippen molar-refractivity contribution < 1.29 is 10.2 Å². The Labute approximate surface area is 113 Å². The molecule has 3 rings (SSSR count). The first kappa shape index (κ1) is 12.6. The van der Waals surface area contributed by atoms with Crippen molar-refractivity contribution in [1.82, 2.24) is 19.5 Å². The van der Waals surface area contributed by atoms with Crippen LogP contribution in [-0.2, 0) is 0 Å². The van der Waals surface area contributed by atoms with Crippen molar-refractivity contribution in [3.8, 4) is 0 Å². The molecule has 19 heavy (non-hydrogen) atoms. The lowest BCUT2D eigenvalue weighted by Crippen LogP contribution is -2.18. The Morgan fingerprint density at radius 2 is 2.16 bits per heavy atom. The average molecular weight is 281 g/mol. The van der Waals surface area contributed by atoms with Gasteiger partial charge >= 0.3 is 0 Å². The minimum atomic E-state index is 0.0478. The van der Waals surface area contributed by atoms with Crippen LogP contribution in [0.25, 0.3) is 11.2 Å². The number of nitrogens with two attached hydrogens (primary N) is 1. The molecular formula is C11H15N5O2S. The monoisotopic (exact) mass is 281 g/mol. The molecule has 2 aromatic heterocycles. The Balaban J connectivity index is 1.95. The summed E-state index contributed by atoms with van der Waals surface area (Å²) in [6, 6.07) is 0. The van der Waals surface area contributed by atoms with Gasteiger partial charge in [-0.25, -0.2) is 15.0 Å². The molecule has 0 aliphatic carbocycles. The lowest BCUT2D eigenvalue weighted by atomic mass is 10.0. The van der Waals surface area contributed by atoms with E-state index in [4.69, 9.17) is 5.73 Å². The van der Waals surface area contributed by atoms with Crippen molar-refractivity contribution in [3.63, 3.8) is 0 Å². The predicted molar refractivity (Wildman–Crippen MR) is 72.4 cm³/mol. The quantitative estimate of drug-likeness (QED) is 0.727. The van der Waals surface area contributed by atoms with Crippen LogP contribution >= 0.6 is 11.8 Å². The summed E-state index contributed by atoms with van der Waals surface area (Å²) < 4.78 is 1.94. The molecule has 1 saturated heterocycles. The van der Waals surface area contributed by atoms with Gasteiger partial charge in [-0.1, -0.05) is 0 Å². The van der Waals surface area contributed by atoms with Crippen LogP contribution in [0, 0.1) is 5.92 Å². The number of thioether (sulfide) groups is 1. The smallest absolute Gasteiger partial charge is 0.166 e. The summed E-state index contributed by atoms with van der Waals surface area (Å²) in [7, 11) is 0. The highest BCUT2D eigenvalue weighted by Gasteiger charge is 2.35. The number of hydrogen-bond acceptors (Lipinski definition) is 7. The zero-order valence-electron chi connectivity index (χ0n) is 10.2. The van der Waals surface area contributed by atoms with E-state index in [1.807, 2.05) is 4.57 Å². The van der Waals surface area contributed by atoms with Crippen LogP contribution in [-0.4, -0.2) is 48.2 Å². The van der Waals surface area contributed by atoms with Gasteiger partial charge in [0.15, 0.2) is 11.5 Å². The van der Waals surface area contributed by atoms with Crippen LogP contribution in [0.3, 0.4) is 0 Å². The fourth-order valence-electron chi connectivity index (χ4n) is 2.42. The predicted octanol–water partition coefficient (Wildman–Crippen LogP) is 0.0134. The molecular weight excluding hydrogens is 266 g/mol. The Hall–Kier alpha value is -1.38. The number of hydrogen-bond donors (Lipinski definition) is 3. The number of aromatic nitrogens is 4. The largest absolute Gasteiger partial charge is 0.396 e. The molecule has 0 bridgehead atoms. The second-order valence-corrected chi connectivity index (χ2v) is 5.99. The number of anilines is 1. The maximum atomic E-state index is 9.35. The maximum Gasteiger partial charge on any atom is 0.166 e. The molecule has 0 saturated carbocycles. The van der Waals surface area contributed by atoms with Gasteiger partial charge in [0.1, 0.15) is 11.8 Å². The third-order valence-corrected chi connectivity index (χ3v) is 5.09. The molecule has 0 amide bonds. The lowest BCUT2D eigenvalue weighted by Gasteiger charge is -2.12. The zero-order chi connectivity index (χ0) is 13.4. The lowest BCUT2D eigenvalue weighted by molar-refractivity contribution is 0.188. The van der Waals surface area contributed by atoms with E-state index < -0.39 is 0 Å². The number of nitrogens with zero attached hydrogens (tertiary/aromatic N) is 4. The molecule has 4 N–H and O–H groups in total. The van der Waals surface area contributed by atoms with Crippen LogP contribution < -0.4 is 5.73 Å². The summed E-state index contributed by atoms with van der Waals surface area (Å²) in [6.45, 7) is 0.147. The Kier molecular flexibility index (Phi) is 3.29. The molecule has 0 unspecified atom stereocenters. The first-order valence-corrected chi connectivity index (χ1v) is 6.99. The molecule has 0 radical (unpaired) electrons. The van der Waals surface area contributed by atoms with Gasteiger partial charge in [-0.15, -0.1) is 11.8 Å². The fourth-order valence-corrected chi connectivity index (χ4v) is 3.98. The Morgan fingerprint density at radius 1 is 1.32 bits per heavy atom. The van der Waals surface area contributed by atoms with Gasteiger partial charge in [0, 0.05) is 11.9 Å². The number of aliphatic hydroxyl groups excluding tert-OH is 2. The summed E-state index contributed by atoms with van der Waals surface area (Å²) in [6.07, 6.45) is 3.89. The summed E-state index contributed by atoms with van der Waals surface area (Å²) in [5.41, 5.74) is 7.05. The molecule has 1 aliphatic rings. The van der Waals surface area contributed by atoms with E-state index in [1.165, 1.54) is 6.33 Å². The van der Waals surface area contributed by atoms with Crippen molar-refractivity contribution in [1.29, 1.82) is 0 Å². The summed E-state index contributed by atoms with van der Waals surface area (Å²) >= 11 is 1.63. The van der Waals surface area contributed by atoms with Crippen LogP contribution in [0.4, 0.5) is 5.82 Å². The number of fused-ring (bicyclic) bond motifs is 1. The normalized spacial score (nSPS) is 27.2. The van der Waals surface area contributed by atoms with E-state index in [0.717, 1.165) is 6.42 Å². The van der Waals surface area contributed by atoms with E-state index in [9.17, 15) is 10.2 Å². The summed E-state index contributed by atoms with van der Waals surface area (Å²) in [5, 5.41) is 18.8. The minimum absolute atomic E-state index is 0.0478. The summed E-state index contributed by atoms with van der Waals surface area (Å²) in [4.78, 5) is 12.4. The van der Waals surface area contributed by atoms with Gasteiger partial charge in [0.25, 0.3) is 0 Å². The second kappa shape index (κ2) is 4.95. The topological polar surface area (TPSA) is 110 Å². The van der Waals surface area contributed by atoms with Gasteiger partial charge in [-0.05, 0) is 12.3 Å². The molecule has 7 nitrogen and oxygen atoms in total. The number of rotatable bonds is 3.